The Bertz CT molecular complexity index is 307. The van der Waals surface area contributed by atoms with Crippen LogP contribution in [-0.2, 0) is 4.74 Å². The molecule has 1 fully saturated rings. The number of hydrogen-bond acceptors (Lipinski definition) is 4. The first-order valence-electron chi connectivity index (χ1n) is 5.87. The third-order valence-corrected chi connectivity index (χ3v) is 4.56. The Morgan fingerprint density at radius 3 is 2.69 bits per heavy atom. The summed E-state index contributed by atoms with van der Waals surface area (Å²) in [5.41, 5.74) is 2.84. The molecule has 3 nitrogen and oxygen atoms in total. The number of methoxy groups -OCH3 is 1. The van der Waals surface area contributed by atoms with E-state index in [2.05, 4.69) is 22.9 Å². The number of ether oxygens (including phenoxy) is 1. The Hall–Kier alpha value is -0.420. The zero-order valence-electron chi connectivity index (χ0n) is 9.74. The predicted molar refractivity (Wildman–Crippen MR) is 67.2 cm³/mol. The van der Waals surface area contributed by atoms with Crippen molar-refractivity contribution in [3.63, 3.8) is 0 Å². The van der Waals surface area contributed by atoms with E-state index in [-0.39, 0.29) is 11.6 Å². The third kappa shape index (κ3) is 2.15. The van der Waals surface area contributed by atoms with Gasteiger partial charge in [0.15, 0.2) is 0 Å². The van der Waals surface area contributed by atoms with E-state index in [0.717, 1.165) is 12.8 Å². The lowest BCUT2D eigenvalue weighted by Gasteiger charge is -2.41. The van der Waals surface area contributed by atoms with Gasteiger partial charge in [0, 0.05) is 12.0 Å². The Labute approximate surface area is 101 Å². The minimum Gasteiger partial charge on any atom is -0.376 e. The topological polar surface area (TPSA) is 47.3 Å². The van der Waals surface area contributed by atoms with Gasteiger partial charge in [-0.15, -0.1) is 11.3 Å². The van der Waals surface area contributed by atoms with Crippen molar-refractivity contribution in [3.8, 4) is 0 Å². The molecule has 1 saturated carbocycles. The molecule has 1 aromatic rings. The molecule has 0 aromatic carbocycles. The molecular formula is C12H20N2OS. The highest BCUT2D eigenvalue weighted by Crippen LogP contribution is 2.41. The number of nitrogens with one attached hydrogen (secondary N) is 1. The van der Waals surface area contributed by atoms with Crippen LogP contribution in [0, 0.1) is 0 Å². The maximum Gasteiger partial charge on any atom is 0.0893 e. The second kappa shape index (κ2) is 5.27. The molecule has 1 aromatic heterocycles. The van der Waals surface area contributed by atoms with Gasteiger partial charge in [0.2, 0.25) is 0 Å². The van der Waals surface area contributed by atoms with Gasteiger partial charge in [-0.3, -0.25) is 5.84 Å². The zero-order chi connectivity index (χ0) is 11.4. The number of nitrogens with two attached hydrogens (primary N) is 1. The van der Waals surface area contributed by atoms with Crippen molar-refractivity contribution in [2.24, 2.45) is 5.84 Å². The summed E-state index contributed by atoms with van der Waals surface area (Å²) >= 11 is 1.74. The fraction of sp³-hybridized carbons (Fsp3) is 0.667. The first-order chi connectivity index (χ1) is 7.82. The van der Waals surface area contributed by atoms with Gasteiger partial charge in [-0.1, -0.05) is 25.3 Å². The maximum absolute atomic E-state index is 5.82. The van der Waals surface area contributed by atoms with Gasteiger partial charge in [0.1, 0.15) is 0 Å². The van der Waals surface area contributed by atoms with Gasteiger partial charge in [0.05, 0.1) is 11.6 Å². The van der Waals surface area contributed by atoms with Crippen LogP contribution in [0.15, 0.2) is 17.5 Å². The standard InChI is InChI=1S/C12H20N2OS/c1-15-12(7-3-2-4-8-12)11(14-13)10-6-5-9-16-10/h5-6,9,11,14H,2-4,7-8,13H2,1H3. The number of hydrogen-bond donors (Lipinski definition) is 2. The summed E-state index contributed by atoms with van der Waals surface area (Å²) < 4.78 is 5.82. The van der Waals surface area contributed by atoms with Crippen LogP contribution in [0.3, 0.4) is 0 Å². The number of hydrazine groups is 1. The van der Waals surface area contributed by atoms with Crippen molar-refractivity contribution in [2.45, 2.75) is 43.7 Å². The van der Waals surface area contributed by atoms with E-state index in [1.165, 1.54) is 24.1 Å². The van der Waals surface area contributed by atoms with Crippen LogP contribution >= 0.6 is 11.3 Å². The summed E-state index contributed by atoms with van der Waals surface area (Å²) in [6, 6.07) is 4.32. The third-order valence-electron chi connectivity index (χ3n) is 3.63. The smallest absolute Gasteiger partial charge is 0.0893 e. The van der Waals surface area contributed by atoms with Crippen molar-refractivity contribution in [1.82, 2.24) is 5.43 Å². The molecule has 2 rings (SSSR count). The molecule has 16 heavy (non-hydrogen) atoms. The molecule has 3 N–H and O–H groups in total. The average Bonchev–Trinajstić information content (AvgIpc) is 2.85. The lowest BCUT2D eigenvalue weighted by molar-refractivity contribution is -0.0680. The highest BCUT2D eigenvalue weighted by atomic mass is 32.1. The van der Waals surface area contributed by atoms with E-state index in [4.69, 9.17) is 10.6 Å². The van der Waals surface area contributed by atoms with E-state index in [0.29, 0.717) is 0 Å². The van der Waals surface area contributed by atoms with Crippen molar-refractivity contribution in [3.05, 3.63) is 22.4 Å². The quantitative estimate of drug-likeness (QED) is 0.628. The molecule has 1 heterocycles. The highest BCUT2D eigenvalue weighted by Gasteiger charge is 2.40. The molecule has 1 atom stereocenters. The van der Waals surface area contributed by atoms with Gasteiger partial charge >= 0.3 is 0 Å². The van der Waals surface area contributed by atoms with Crippen LogP contribution in [0.5, 0.6) is 0 Å². The Balaban J connectivity index is 2.23. The fourth-order valence-corrected chi connectivity index (χ4v) is 3.60. The minimum atomic E-state index is -0.113. The van der Waals surface area contributed by atoms with Gasteiger partial charge in [-0.05, 0) is 24.3 Å². The first-order valence-corrected chi connectivity index (χ1v) is 6.75. The van der Waals surface area contributed by atoms with Crippen LogP contribution in [0.2, 0.25) is 0 Å². The van der Waals surface area contributed by atoms with Gasteiger partial charge in [-0.25, -0.2) is 5.43 Å². The van der Waals surface area contributed by atoms with Crippen molar-refractivity contribution >= 4 is 11.3 Å². The molecule has 4 heteroatoms. The normalized spacial score (nSPS) is 21.9. The average molecular weight is 240 g/mol. The Kier molecular flexibility index (Phi) is 3.97. The molecule has 1 unspecified atom stereocenters. The zero-order valence-corrected chi connectivity index (χ0v) is 10.6. The summed E-state index contributed by atoms with van der Waals surface area (Å²) in [7, 11) is 1.81. The SMILES string of the molecule is COC1(C(NN)c2cccs2)CCCCC1. The summed E-state index contributed by atoms with van der Waals surface area (Å²) in [6.07, 6.45) is 5.97. The summed E-state index contributed by atoms with van der Waals surface area (Å²) in [5, 5.41) is 2.09. The van der Waals surface area contributed by atoms with Crippen molar-refractivity contribution in [1.29, 1.82) is 0 Å². The minimum absolute atomic E-state index is 0.113. The second-order valence-electron chi connectivity index (χ2n) is 4.44. The summed E-state index contributed by atoms with van der Waals surface area (Å²) in [5.74, 6) is 5.73. The fourth-order valence-electron chi connectivity index (χ4n) is 2.71. The molecule has 0 amide bonds. The van der Waals surface area contributed by atoms with E-state index < -0.39 is 0 Å². The lowest BCUT2D eigenvalue weighted by Crippen LogP contribution is -2.48. The van der Waals surface area contributed by atoms with E-state index in [9.17, 15) is 0 Å². The predicted octanol–water partition coefficient (Wildman–Crippen LogP) is 2.60. The molecule has 0 spiro atoms. The summed E-state index contributed by atoms with van der Waals surface area (Å²) in [6.45, 7) is 0. The molecule has 90 valence electrons. The highest BCUT2D eigenvalue weighted by molar-refractivity contribution is 7.10. The van der Waals surface area contributed by atoms with E-state index in [1.807, 2.05) is 7.11 Å². The second-order valence-corrected chi connectivity index (χ2v) is 5.42. The van der Waals surface area contributed by atoms with Gasteiger partial charge in [0.25, 0.3) is 0 Å². The largest absolute Gasteiger partial charge is 0.376 e. The van der Waals surface area contributed by atoms with Crippen LogP contribution in [0.25, 0.3) is 0 Å². The van der Waals surface area contributed by atoms with E-state index >= 15 is 0 Å². The molecule has 0 bridgehead atoms. The monoisotopic (exact) mass is 240 g/mol. The van der Waals surface area contributed by atoms with Gasteiger partial charge < -0.3 is 4.74 Å². The molecule has 1 aliphatic carbocycles. The van der Waals surface area contributed by atoms with Crippen LogP contribution in [-0.4, -0.2) is 12.7 Å². The molecule has 0 saturated heterocycles. The number of thiophene rings is 1. The maximum atomic E-state index is 5.82. The Morgan fingerprint density at radius 2 is 2.19 bits per heavy atom. The van der Waals surface area contributed by atoms with Crippen molar-refractivity contribution < 1.29 is 4.74 Å². The molecular weight excluding hydrogens is 220 g/mol. The molecule has 1 aliphatic rings. The first kappa shape index (κ1) is 12.0. The molecule has 0 radical (unpaired) electrons. The van der Waals surface area contributed by atoms with Crippen molar-refractivity contribution in [2.75, 3.05) is 7.11 Å². The van der Waals surface area contributed by atoms with E-state index in [1.54, 1.807) is 11.3 Å². The summed E-state index contributed by atoms with van der Waals surface area (Å²) in [4.78, 5) is 1.27. The lowest BCUT2D eigenvalue weighted by atomic mass is 9.79. The van der Waals surface area contributed by atoms with Crippen LogP contribution < -0.4 is 11.3 Å². The van der Waals surface area contributed by atoms with Gasteiger partial charge in [-0.2, -0.15) is 0 Å². The Morgan fingerprint density at radius 1 is 1.44 bits per heavy atom. The van der Waals surface area contributed by atoms with Crippen LogP contribution in [0.4, 0.5) is 0 Å². The van der Waals surface area contributed by atoms with Crippen LogP contribution in [0.1, 0.15) is 43.0 Å². The number of rotatable bonds is 4. The molecule has 0 aliphatic heterocycles.